The minimum absolute atomic E-state index is 0.0401. The summed E-state index contributed by atoms with van der Waals surface area (Å²) in [5, 5.41) is 2.86. The topological polar surface area (TPSA) is 58.6 Å². The van der Waals surface area contributed by atoms with E-state index < -0.39 is 0 Å². The van der Waals surface area contributed by atoms with E-state index >= 15 is 0 Å². The first kappa shape index (κ1) is 18.0. The van der Waals surface area contributed by atoms with Crippen LogP contribution in [0.1, 0.15) is 46.9 Å². The largest absolute Gasteiger partial charge is 0.492 e. The summed E-state index contributed by atoms with van der Waals surface area (Å²) in [7, 11) is 0. The normalized spacial score (nSPS) is 14.0. The van der Waals surface area contributed by atoms with Gasteiger partial charge in [-0.25, -0.2) is 0 Å². The van der Waals surface area contributed by atoms with Crippen LogP contribution in [0.25, 0.3) is 0 Å². The molecular weight excluding hydrogens is 328 g/mol. The number of benzene rings is 2. The number of amides is 2. The third kappa shape index (κ3) is 4.23. The average Bonchev–Trinajstić information content (AvgIpc) is 2.70. The van der Waals surface area contributed by atoms with Crippen LogP contribution >= 0.6 is 0 Å². The summed E-state index contributed by atoms with van der Waals surface area (Å²) in [4.78, 5) is 26.9. The fourth-order valence-corrected chi connectivity index (χ4v) is 3.09. The van der Waals surface area contributed by atoms with E-state index in [0.717, 1.165) is 25.9 Å². The first-order valence-corrected chi connectivity index (χ1v) is 9.11. The van der Waals surface area contributed by atoms with E-state index in [-0.39, 0.29) is 11.8 Å². The van der Waals surface area contributed by atoms with E-state index in [1.54, 1.807) is 30.3 Å². The van der Waals surface area contributed by atoms with E-state index in [1.165, 1.54) is 6.42 Å². The highest BCUT2D eigenvalue weighted by molar-refractivity contribution is 6.05. The summed E-state index contributed by atoms with van der Waals surface area (Å²) in [6.07, 6.45) is 3.31. The molecule has 1 N–H and O–H groups in total. The number of hydrogen-bond donors (Lipinski definition) is 1. The number of nitrogens with one attached hydrogen (secondary N) is 1. The molecule has 2 aromatic carbocycles. The van der Waals surface area contributed by atoms with Crippen LogP contribution in [0.5, 0.6) is 5.75 Å². The summed E-state index contributed by atoms with van der Waals surface area (Å²) >= 11 is 0. The number of nitrogens with zero attached hydrogens (tertiary/aromatic N) is 1. The number of hydrogen-bond acceptors (Lipinski definition) is 3. The molecule has 0 aromatic heterocycles. The summed E-state index contributed by atoms with van der Waals surface area (Å²) in [5.74, 6) is 0.452. The Hall–Kier alpha value is -2.82. The Bertz CT molecular complexity index is 765. The van der Waals surface area contributed by atoms with E-state index in [1.807, 2.05) is 30.0 Å². The Morgan fingerprint density at radius 2 is 1.62 bits per heavy atom. The van der Waals surface area contributed by atoms with Gasteiger partial charge in [0, 0.05) is 24.2 Å². The van der Waals surface area contributed by atoms with E-state index in [4.69, 9.17) is 4.74 Å². The van der Waals surface area contributed by atoms with Crippen molar-refractivity contribution in [3.63, 3.8) is 0 Å². The molecule has 0 spiro atoms. The van der Waals surface area contributed by atoms with Crippen molar-refractivity contribution in [1.82, 2.24) is 4.90 Å². The predicted molar refractivity (Wildman–Crippen MR) is 102 cm³/mol. The van der Waals surface area contributed by atoms with Crippen molar-refractivity contribution in [3.8, 4) is 5.75 Å². The minimum Gasteiger partial charge on any atom is -0.492 e. The van der Waals surface area contributed by atoms with Crippen LogP contribution in [-0.2, 0) is 0 Å². The van der Waals surface area contributed by atoms with Crippen LogP contribution in [0.3, 0.4) is 0 Å². The highest BCUT2D eigenvalue weighted by Crippen LogP contribution is 2.24. The van der Waals surface area contributed by atoms with Gasteiger partial charge in [-0.3, -0.25) is 9.59 Å². The number of ether oxygens (including phenoxy) is 1. The summed E-state index contributed by atoms with van der Waals surface area (Å²) < 4.78 is 5.53. The molecule has 1 aliphatic rings. The molecule has 136 valence electrons. The molecule has 1 fully saturated rings. The number of para-hydroxylation sites is 2. The molecule has 1 heterocycles. The fraction of sp³-hybridized carbons (Fsp3) is 0.333. The van der Waals surface area contributed by atoms with E-state index in [0.29, 0.717) is 29.2 Å². The monoisotopic (exact) mass is 352 g/mol. The van der Waals surface area contributed by atoms with Gasteiger partial charge >= 0.3 is 0 Å². The Balaban J connectivity index is 1.68. The maximum absolute atomic E-state index is 12.5. The second kappa shape index (κ2) is 8.52. The molecule has 0 unspecified atom stereocenters. The molecule has 0 bridgehead atoms. The van der Waals surface area contributed by atoms with Crippen molar-refractivity contribution in [2.45, 2.75) is 26.2 Å². The van der Waals surface area contributed by atoms with E-state index in [2.05, 4.69) is 5.32 Å². The van der Waals surface area contributed by atoms with Gasteiger partial charge in [0.1, 0.15) is 5.75 Å². The Labute approximate surface area is 154 Å². The zero-order chi connectivity index (χ0) is 18.4. The zero-order valence-corrected chi connectivity index (χ0v) is 15.0. The summed E-state index contributed by atoms with van der Waals surface area (Å²) in [6.45, 7) is 4.06. The van der Waals surface area contributed by atoms with E-state index in [9.17, 15) is 9.59 Å². The van der Waals surface area contributed by atoms with Gasteiger partial charge in [-0.05, 0) is 62.6 Å². The number of carbonyl (C=O) groups excluding carboxylic acids is 2. The predicted octanol–water partition coefficient (Wildman–Crippen LogP) is 3.96. The quantitative estimate of drug-likeness (QED) is 0.886. The highest BCUT2D eigenvalue weighted by Gasteiger charge is 2.18. The maximum Gasteiger partial charge on any atom is 0.255 e. The molecule has 0 saturated carbocycles. The van der Waals surface area contributed by atoms with Crippen molar-refractivity contribution < 1.29 is 14.3 Å². The molecule has 1 aliphatic heterocycles. The second-order valence-electron chi connectivity index (χ2n) is 6.31. The number of anilines is 1. The molecular formula is C21H24N2O3. The van der Waals surface area contributed by atoms with Crippen molar-refractivity contribution in [1.29, 1.82) is 0 Å². The minimum atomic E-state index is -0.228. The maximum atomic E-state index is 12.5. The molecule has 26 heavy (non-hydrogen) atoms. The lowest BCUT2D eigenvalue weighted by Crippen LogP contribution is -2.35. The van der Waals surface area contributed by atoms with Gasteiger partial charge in [-0.15, -0.1) is 0 Å². The van der Waals surface area contributed by atoms with Gasteiger partial charge in [0.2, 0.25) is 0 Å². The zero-order valence-electron chi connectivity index (χ0n) is 15.0. The first-order valence-electron chi connectivity index (χ1n) is 9.11. The standard InChI is InChI=1S/C21H24N2O3/c1-2-26-19-9-5-4-8-18(19)22-20(24)16-10-12-17(13-11-16)21(25)23-14-6-3-7-15-23/h4-5,8-13H,2-3,6-7,14-15H2,1H3,(H,22,24). The highest BCUT2D eigenvalue weighted by atomic mass is 16.5. The lowest BCUT2D eigenvalue weighted by Gasteiger charge is -2.26. The van der Waals surface area contributed by atoms with Gasteiger partial charge in [0.05, 0.1) is 12.3 Å². The van der Waals surface area contributed by atoms with Crippen LogP contribution in [0, 0.1) is 0 Å². The van der Waals surface area contributed by atoms with Crippen LogP contribution in [0.2, 0.25) is 0 Å². The Kier molecular flexibility index (Phi) is 5.89. The number of carbonyl (C=O) groups is 2. The molecule has 1 saturated heterocycles. The van der Waals surface area contributed by atoms with Crippen molar-refractivity contribution in [2.24, 2.45) is 0 Å². The number of likely N-dealkylation sites (tertiary alicyclic amines) is 1. The van der Waals surface area contributed by atoms with Crippen molar-refractivity contribution in [3.05, 3.63) is 59.7 Å². The average molecular weight is 352 g/mol. The summed E-state index contributed by atoms with van der Waals surface area (Å²) in [5.41, 5.74) is 1.76. The SMILES string of the molecule is CCOc1ccccc1NC(=O)c1ccc(C(=O)N2CCCCC2)cc1. The van der Waals surface area contributed by atoms with Gasteiger partial charge in [-0.2, -0.15) is 0 Å². The molecule has 3 rings (SSSR count). The van der Waals surface area contributed by atoms with Crippen LogP contribution < -0.4 is 10.1 Å². The molecule has 0 radical (unpaired) electrons. The molecule has 0 aliphatic carbocycles. The smallest absolute Gasteiger partial charge is 0.255 e. The second-order valence-corrected chi connectivity index (χ2v) is 6.31. The van der Waals surface area contributed by atoms with Crippen LogP contribution in [0.4, 0.5) is 5.69 Å². The molecule has 2 aromatic rings. The number of rotatable bonds is 5. The van der Waals surface area contributed by atoms with Gasteiger partial charge < -0.3 is 15.0 Å². The first-order chi connectivity index (χ1) is 12.7. The van der Waals surface area contributed by atoms with Crippen LogP contribution in [0.15, 0.2) is 48.5 Å². The van der Waals surface area contributed by atoms with Gasteiger partial charge in [0.15, 0.2) is 0 Å². The van der Waals surface area contributed by atoms with Gasteiger partial charge in [-0.1, -0.05) is 12.1 Å². The fourth-order valence-electron chi connectivity index (χ4n) is 3.09. The third-order valence-corrected chi connectivity index (χ3v) is 4.47. The summed E-state index contributed by atoms with van der Waals surface area (Å²) in [6, 6.07) is 14.2. The molecule has 5 nitrogen and oxygen atoms in total. The van der Waals surface area contributed by atoms with Crippen molar-refractivity contribution in [2.75, 3.05) is 25.0 Å². The lowest BCUT2D eigenvalue weighted by molar-refractivity contribution is 0.0724. The van der Waals surface area contributed by atoms with Crippen LogP contribution in [-0.4, -0.2) is 36.4 Å². The lowest BCUT2D eigenvalue weighted by atomic mass is 10.1. The molecule has 0 atom stereocenters. The molecule has 2 amide bonds. The van der Waals surface area contributed by atoms with Crippen molar-refractivity contribution >= 4 is 17.5 Å². The number of piperidine rings is 1. The van der Waals surface area contributed by atoms with Gasteiger partial charge in [0.25, 0.3) is 11.8 Å². The Morgan fingerprint density at radius 3 is 2.31 bits per heavy atom. The molecule has 5 heteroatoms. The third-order valence-electron chi connectivity index (χ3n) is 4.47. The Morgan fingerprint density at radius 1 is 0.962 bits per heavy atom.